The molecule has 0 bridgehead atoms. The molecule has 1 saturated heterocycles. The Kier molecular flexibility index (Phi) is 5.14. The predicted octanol–water partition coefficient (Wildman–Crippen LogP) is 3.31. The highest BCUT2D eigenvalue weighted by molar-refractivity contribution is 6.30. The lowest BCUT2D eigenvalue weighted by molar-refractivity contribution is -0.385. The molecule has 1 aromatic carbocycles. The SMILES string of the molecule is CCC1CN(Cc2ccc(Cl)cc2[N+](=O)[O-])CC/C1=N\O. The Morgan fingerprint density at radius 1 is 1.57 bits per heavy atom. The first-order valence-corrected chi connectivity index (χ1v) is 7.29. The van der Waals surface area contributed by atoms with Crippen molar-refractivity contribution in [3.8, 4) is 0 Å². The first-order valence-electron chi connectivity index (χ1n) is 6.91. The number of nitro groups is 1. The molecule has 7 heteroatoms. The van der Waals surface area contributed by atoms with Gasteiger partial charge < -0.3 is 5.21 Å². The van der Waals surface area contributed by atoms with E-state index in [0.717, 1.165) is 25.2 Å². The van der Waals surface area contributed by atoms with Crippen LogP contribution in [0, 0.1) is 16.0 Å². The molecule has 1 aromatic rings. The molecule has 6 nitrogen and oxygen atoms in total. The van der Waals surface area contributed by atoms with Crippen LogP contribution < -0.4 is 0 Å². The van der Waals surface area contributed by atoms with E-state index in [1.54, 1.807) is 12.1 Å². The number of likely N-dealkylation sites (tertiary alicyclic amines) is 1. The lowest BCUT2D eigenvalue weighted by Crippen LogP contribution is -2.40. The zero-order chi connectivity index (χ0) is 15.4. The molecule has 0 aromatic heterocycles. The number of hydrogen-bond donors (Lipinski definition) is 1. The van der Waals surface area contributed by atoms with Gasteiger partial charge in [-0.1, -0.05) is 23.7 Å². The zero-order valence-corrected chi connectivity index (χ0v) is 12.6. The highest BCUT2D eigenvalue weighted by Crippen LogP contribution is 2.26. The highest BCUT2D eigenvalue weighted by atomic mass is 35.5. The van der Waals surface area contributed by atoms with Crippen molar-refractivity contribution in [2.45, 2.75) is 26.3 Å². The number of hydrogen-bond acceptors (Lipinski definition) is 5. The Morgan fingerprint density at radius 3 is 2.95 bits per heavy atom. The Bertz CT molecular complexity index is 562. The van der Waals surface area contributed by atoms with Gasteiger partial charge in [0.05, 0.1) is 10.6 Å². The largest absolute Gasteiger partial charge is 0.411 e. The number of halogens is 1. The fourth-order valence-electron chi connectivity index (χ4n) is 2.71. The van der Waals surface area contributed by atoms with Crippen LogP contribution in [0.4, 0.5) is 5.69 Å². The molecule has 0 amide bonds. The number of nitro benzene ring substituents is 1. The van der Waals surface area contributed by atoms with Crippen molar-refractivity contribution < 1.29 is 10.1 Å². The van der Waals surface area contributed by atoms with E-state index in [-0.39, 0.29) is 11.6 Å². The van der Waals surface area contributed by atoms with Gasteiger partial charge in [0.15, 0.2) is 0 Å². The van der Waals surface area contributed by atoms with Crippen LogP contribution in [0.15, 0.2) is 23.4 Å². The third kappa shape index (κ3) is 3.71. The van der Waals surface area contributed by atoms with Gasteiger partial charge in [-0.3, -0.25) is 15.0 Å². The van der Waals surface area contributed by atoms with Crippen molar-refractivity contribution >= 4 is 23.0 Å². The molecule has 1 aliphatic heterocycles. The molecular formula is C14H18ClN3O3. The standard InChI is InChI=1S/C14H18ClN3O3/c1-2-10-8-17(6-5-13(10)16-19)9-11-3-4-12(15)7-14(11)18(20)21/h3-4,7,10,19H,2,5-6,8-9H2,1H3/b16-13+. The maximum atomic E-state index is 11.1. The summed E-state index contributed by atoms with van der Waals surface area (Å²) in [5.74, 6) is 0.204. The van der Waals surface area contributed by atoms with Gasteiger partial charge in [-0.2, -0.15) is 0 Å². The van der Waals surface area contributed by atoms with Gasteiger partial charge in [0.25, 0.3) is 5.69 Å². The van der Waals surface area contributed by atoms with E-state index in [9.17, 15) is 10.1 Å². The molecule has 1 N–H and O–H groups in total. The van der Waals surface area contributed by atoms with Crippen LogP contribution in [-0.4, -0.2) is 33.8 Å². The molecule has 0 spiro atoms. The molecule has 1 fully saturated rings. The molecule has 1 unspecified atom stereocenters. The summed E-state index contributed by atoms with van der Waals surface area (Å²) in [5.41, 5.74) is 1.53. The number of benzene rings is 1. The summed E-state index contributed by atoms with van der Waals surface area (Å²) in [6, 6.07) is 4.77. The van der Waals surface area contributed by atoms with Crippen molar-refractivity contribution in [3.05, 3.63) is 38.9 Å². The van der Waals surface area contributed by atoms with Crippen LogP contribution in [0.5, 0.6) is 0 Å². The molecule has 114 valence electrons. The average Bonchev–Trinajstić information content (AvgIpc) is 2.48. The Morgan fingerprint density at radius 2 is 2.33 bits per heavy atom. The number of piperidine rings is 1. The molecule has 21 heavy (non-hydrogen) atoms. The third-order valence-electron chi connectivity index (χ3n) is 3.89. The average molecular weight is 312 g/mol. The molecule has 1 atom stereocenters. The summed E-state index contributed by atoms with van der Waals surface area (Å²) in [6.07, 6.45) is 1.58. The van der Waals surface area contributed by atoms with Gasteiger partial charge >= 0.3 is 0 Å². The molecule has 1 heterocycles. The first kappa shape index (κ1) is 15.7. The van der Waals surface area contributed by atoms with E-state index in [1.165, 1.54) is 6.07 Å². The van der Waals surface area contributed by atoms with E-state index >= 15 is 0 Å². The van der Waals surface area contributed by atoms with Crippen LogP contribution in [0.25, 0.3) is 0 Å². The summed E-state index contributed by atoms with van der Waals surface area (Å²) in [5, 5.41) is 23.8. The second-order valence-electron chi connectivity index (χ2n) is 5.21. The Balaban J connectivity index is 2.14. The fourth-order valence-corrected chi connectivity index (χ4v) is 2.87. The van der Waals surface area contributed by atoms with Crippen molar-refractivity contribution in [3.63, 3.8) is 0 Å². The lowest BCUT2D eigenvalue weighted by Gasteiger charge is -2.32. The predicted molar refractivity (Wildman–Crippen MR) is 81.0 cm³/mol. The van der Waals surface area contributed by atoms with E-state index in [4.69, 9.17) is 16.8 Å². The fraction of sp³-hybridized carbons (Fsp3) is 0.500. The van der Waals surface area contributed by atoms with Gasteiger partial charge in [0, 0.05) is 48.6 Å². The second-order valence-corrected chi connectivity index (χ2v) is 5.65. The quantitative estimate of drug-likeness (QED) is 0.525. The van der Waals surface area contributed by atoms with Gasteiger partial charge in [0.2, 0.25) is 0 Å². The van der Waals surface area contributed by atoms with Crippen LogP contribution in [0.3, 0.4) is 0 Å². The van der Waals surface area contributed by atoms with Crippen LogP contribution in [-0.2, 0) is 6.54 Å². The van der Waals surface area contributed by atoms with Crippen LogP contribution >= 0.6 is 11.6 Å². The van der Waals surface area contributed by atoms with E-state index < -0.39 is 4.92 Å². The van der Waals surface area contributed by atoms with Gasteiger partial charge in [-0.25, -0.2) is 0 Å². The minimum Gasteiger partial charge on any atom is -0.411 e. The van der Waals surface area contributed by atoms with E-state index in [1.807, 2.05) is 6.92 Å². The normalized spacial score (nSPS) is 21.6. The zero-order valence-electron chi connectivity index (χ0n) is 11.8. The van der Waals surface area contributed by atoms with Gasteiger partial charge in [0.1, 0.15) is 0 Å². The van der Waals surface area contributed by atoms with E-state index in [2.05, 4.69) is 10.1 Å². The number of oxime groups is 1. The molecule has 0 aliphatic carbocycles. The molecule has 0 saturated carbocycles. The maximum Gasteiger partial charge on any atom is 0.275 e. The van der Waals surface area contributed by atoms with Crippen molar-refractivity contribution in [2.24, 2.45) is 11.1 Å². The van der Waals surface area contributed by atoms with Crippen LogP contribution in [0.1, 0.15) is 25.3 Å². The number of nitrogens with zero attached hydrogens (tertiary/aromatic N) is 3. The highest BCUT2D eigenvalue weighted by Gasteiger charge is 2.26. The minimum absolute atomic E-state index is 0.0529. The minimum atomic E-state index is -0.400. The van der Waals surface area contributed by atoms with E-state index in [0.29, 0.717) is 23.6 Å². The maximum absolute atomic E-state index is 11.1. The number of rotatable bonds is 4. The summed E-state index contributed by atoms with van der Waals surface area (Å²) in [6.45, 7) is 4.03. The summed E-state index contributed by atoms with van der Waals surface area (Å²) in [4.78, 5) is 12.9. The van der Waals surface area contributed by atoms with Crippen molar-refractivity contribution in [1.29, 1.82) is 0 Å². The Labute approximate surface area is 128 Å². The molecule has 0 radical (unpaired) electrons. The molecule has 2 rings (SSSR count). The lowest BCUT2D eigenvalue weighted by atomic mass is 9.93. The second kappa shape index (κ2) is 6.87. The molecular weight excluding hydrogens is 294 g/mol. The Hall–Kier alpha value is -1.66. The summed E-state index contributed by atoms with van der Waals surface area (Å²) >= 11 is 5.83. The van der Waals surface area contributed by atoms with Crippen molar-refractivity contribution in [1.82, 2.24) is 4.90 Å². The monoisotopic (exact) mass is 311 g/mol. The summed E-state index contributed by atoms with van der Waals surface area (Å²) < 4.78 is 0. The van der Waals surface area contributed by atoms with Crippen LogP contribution in [0.2, 0.25) is 5.02 Å². The first-order chi connectivity index (χ1) is 10.0. The van der Waals surface area contributed by atoms with Crippen molar-refractivity contribution in [2.75, 3.05) is 13.1 Å². The topological polar surface area (TPSA) is 79.0 Å². The third-order valence-corrected chi connectivity index (χ3v) is 4.13. The molecule has 1 aliphatic rings. The van der Waals surface area contributed by atoms with Gasteiger partial charge in [-0.15, -0.1) is 0 Å². The van der Waals surface area contributed by atoms with Gasteiger partial charge in [-0.05, 0) is 18.6 Å². The summed E-state index contributed by atoms with van der Waals surface area (Å²) in [7, 11) is 0. The smallest absolute Gasteiger partial charge is 0.275 e.